The number of aliphatic hydroxyl groups is 1. The fourth-order valence-electron chi connectivity index (χ4n) is 3.23. The van der Waals surface area contributed by atoms with E-state index in [1.807, 2.05) is 21.1 Å². The molecule has 0 aromatic heterocycles. The van der Waals surface area contributed by atoms with Crippen LogP contribution in [-0.4, -0.2) is 112 Å². The van der Waals surface area contributed by atoms with Crippen molar-refractivity contribution < 1.29 is 52.1 Å². The van der Waals surface area contributed by atoms with Crippen LogP contribution in [0.15, 0.2) is 23.3 Å². The first-order chi connectivity index (χ1) is 21.0. The second kappa shape index (κ2) is 18.7. The molecule has 5 amide bonds. The van der Waals surface area contributed by atoms with Crippen molar-refractivity contribution in [3.63, 3.8) is 0 Å². The van der Waals surface area contributed by atoms with Crippen molar-refractivity contribution in [2.75, 3.05) is 65.9 Å². The summed E-state index contributed by atoms with van der Waals surface area (Å²) in [6.45, 7) is 1.12. The summed E-state index contributed by atoms with van der Waals surface area (Å²) < 4.78 is 21.5. The number of hydrogen-bond donors (Lipinski definition) is 6. The first-order valence-corrected chi connectivity index (χ1v) is 15.0. The van der Waals surface area contributed by atoms with E-state index in [1.165, 1.54) is 32.0 Å². The number of rotatable bonds is 19. The highest BCUT2D eigenvalue weighted by molar-refractivity contribution is 7.45. The quantitative estimate of drug-likeness (QED) is 0.0250. The highest BCUT2D eigenvalue weighted by Crippen LogP contribution is 2.37. The van der Waals surface area contributed by atoms with Crippen LogP contribution in [0.2, 0.25) is 0 Å². The van der Waals surface area contributed by atoms with E-state index in [0.717, 1.165) is 0 Å². The summed E-state index contributed by atoms with van der Waals surface area (Å²) >= 11 is 0. The molecule has 0 aliphatic heterocycles. The van der Waals surface area contributed by atoms with Crippen LogP contribution in [0.3, 0.4) is 0 Å². The Balaban J connectivity index is 2.60. The van der Waals surface area contributed by atoms with Crippen molar-refractivity contribution in [1.29, 1.82) is 0 Å². The standard InChI is InChI=1S/C25H40N9O10P/c1-16(30-21(36)13-29-33-26)23(38)31-17(2)24(39)32-19-7-6-18(14-35)20(12-19)25(40)28-9-8-27-22(37)15-44-45(41,42)43-11-10-34(3,4)5/h6-7,12,16-17,35H,8-11,13-15H2,1-5H3,(H5-,27,28,30,31,32,36,37,38,39,40,41,42)/t16-,17-/m0/s1. The van der Waals surface area contributed by atoms with Crippen LogP contribution in [0, 0.1) is 0 Å². The average Bonchev–Trinajstić information content (AvgIpc) is 2.96. The minimum atomic E-state index is -4.67. The summed E-state index contributed by atoms with van der Waals surface area (Å²) in [6, 6.07) is 2.08. The Labute approximate surface area is 259 Å². The molecule has 45 heavy (non-hydrogen) atoms. The lowest BCUT2D eigenvalue weighted by atomic mass is 10.1. The van der Waals surface area contributed by atoms with Gasteiger partial charge in [0.05, 0.1) is 27.7 Å². The summed E-state index contributed by atoms with van der Waals surface area (Å²) in [5.74, 6) is -3.40. The number of azide groups is 1. The molecule has 0 saturated carbocycles. The first-order valence-electron chi connectivity index (χ1n) is 13.6. The van der Waals surface area contributed by atoms with E-state index in [0.29, 0.717) is 11.0 Å². The molecule has 1 aromatic rings. The molecule has 0 spiro atoms. The van der Waals surface area contributed by atoms with E-state index < -0.39 is 69.2 Å². The third-order valence-corrected chi connectivity index (χ3v) is 6.63. The number of benzene rings is 1. The second-order valence-corrected chi connectivity index (χ2v) is 12.0. The van der Waals surface area contributed by atoms with Crippen LogP contribution in [0.1, 0.15) is 29.8 Å². The number of amides is 5. The number of anilines is 1. The van der Waals surface area contributed by atoms with Crippen molar-refractivity contribution in [2.24, 2.45) is 5.11 Å². The van der Waals surface area contributed by atoms with Crippen molar-refractivity contribution in [1.82, 2.24) is 21.3 Å². The average molecular weight is 658 g/mol. The summed E-state index contributed by atoms with van der Waals surface area (Å²) in [5.41, 5.74) is 8.70. The summed E-state index contributed by atoms with van der Waals surface area (Å²) in [4.78, 5) is 75.5. The number of nitrogens with zero attached hydrogens (tertiary/aromatic N) is 4. The van der Waals surface area contributed by atoms with E-state index in [4.69, 9.17) is 10.1 Å². The van der Waals surface area contributed by atoms with Gasteiger partial charge in [-0.15, -0.1) is 0 Å². The minimum Gasteiger partial charge on any atom is -0.756 e. The number of carbonyl (C=O) groups is 5. The van der Waals surface area contributed by atoms with Crippen LogP contribution in [0.4, 0.5) is 5.69 Å². The Morgan fingerprint density at radius 2 is 1.67 bits per heavy atom. The van der Waals surface area contributed by atoms with Gasteiger partial charge in [0.15, 0.2) is 0 Å². The summed E-state index contributed by atoms with van der Waals surface area (Å²) in [6.07, 6.45) is 0. The summed E-state index contributed by atoms with van der Waals surface area (Å²) in [5, 5.41) is 24.9. The molecule has 19 nitrogen and oxygen atoms in total. The molecule has 6 N–H and O–H groups in total. The van der Waals surface area contributed by atoms with Crippen LogP contribution < -0.4 is 31.5 Å². The van der Waals surface area contributed by atoms with Gasteiger partial charge in [0.2, 0.25) is 23.6 Å². The molecule has 0 aliphatic carbocycles. The summed E-state index contributed by atoms with van der Waals surface area (Å²) in [7, 11) is 0.879. The molecular formula is C25H40N9O10P. The van der Waals surface area contributed by atoms with Crippen LogP contribution >= 0.6 is 7.82 Å². The lowest BCUT2D eigenvalue weighted by molar-refractivity contribution is -0.870. The number of nitrogens with one attached hydrogen (secondary N) is 5. The molecule has 0 bridgehead atoms. The third-order valence-electron chi connectivity index (χ3n) is 5.69. The predicted octanol–water partition coefficient (Wildman–Crippen LogP) is -1.51. The molecule has 250 valence electrons. The number of carbonyl (C=O) groups excluding carboxylic acids is 5. The van der Waals surface area contributed by atoms with Crippen LogP contribution in [0.25, 0.3) is 10.4 Å². The van der Waals surface area contributed by atoms with Gasteiger partial charge in [-0.3, -0.25) is 28.5 Å². The number of phosphoric acid groups is 1. The van der Waals surface area contributed by atoms with Crippen molar-refractivity contribution in [2.45, 2.75) is 32.5 Å². The maximum absolute atomic E-state index is 12.8. The number of hydrogen-bond acceptors (Lipinski definition) is 11. The Morgan fingerprint density at radius 1 is 1.02 bits per heavy atom. The van der Waals surface area contributed by atoms with Gasteiger partial charge in [0, 0.05) is 29.3 Å². The Kier molecular flexibility index (Phi) is 16.1. The molecular weight excluding hydrogens is 617 g/mol. The Bertz CT molecular complexity index is 1310. The zero-order valence-electron chi connectivity index (χ0n) is 25.7. The molecule has 0 radical (unpaired) electrons. The zero-order valence-corrected chi connectivity index (χ0v) is 26.6. The lowest BCUT2D eigenvalue weighted by Gasteiger charge is -2.27. The molecule has 0 saturated heterocycles. The molecule has 0 heterocycles. The molecule has 1 aromatic carbocycles. The Morgan fingerprint density at radius 3 is 2.29 bits per heavy atom. The van der Waals surface area contributed by atoms with E-state index in [1.54, 1.807) is 0 Å². The maximum Gasteiger partial charge on any atom is 0.268 e. The monoisotopic (exact) mass is 657 g/mol. The number of aliphatic hydroxyl groups excluding tert-OH is 1. The van der Waals surface area contributed by atoms with Crippen LogP contribution in [-0.2, 0) is 39.4 Å². The van der Waals surface area contributed by atoms with Gasteiger partial charge in [-0.1, -0.05) is 11.2 Å². The van der Waals surface area contributed by atoms with Crippen LogP contribution in [0.5, 0.6) is 0 Å². The van der Waals surface area contributed by atoms with Gasteiger partial charge in [0.1, 0.15) is 38.4 Å². The minimum absolute atomic E-state index is 0.0244. The van der Waals surface area contributed by atoms with Gasteiger partial charge < -0.3 is 50.1 Å². The SMILES string of the molecule is C[C@H](NC(=O)CN=[N+]=[N-])C(=O)N[C@@H](C)C(=O)Nc1ccc(CO)c(C(=O)NCCNC(=O)COP(=O)([O-])OCC[N+](C)(C)C)c1. The number of likely N-dealkylation sites (N-methyl/N-ethyl adjacent to an activating group) is 1. The lowest BCUT2D eigenvalue weighted by Crippen LogP contribution is -2.50. The first kappa shape index (κ1) is 38.9. The second-order valence-electron chi connectivity index (χ2n) is 10.6. The van der Waals surface area contributed by atoms with E-state index in [9.17, 15) is 38.5 Å². The van der Waals surface area contributed by atoms with Gasteiger partial charge in [0.25, 0.3) is 13.7 Å². The van der Waals surface area contributed by atoms with E-state index in [-0.39, 0.29) is 36.5 Å². The van der Waals surface area contributed by atoms with E-state index in [2.05, 4.69) is 41.1 Å². The van der Waals surface area contributed by atoms with Crippen molar-refractivity contribution in [3.8, 4) is 0 Å². The number of phosphoric ester groups is 1. The molecule has 0 aliphatic rings. The maximum atomic E-state index is 12.8. The van der Waals surface area contributed by atoms with Gasteiger partial charge in [-0.25, -0.2) is 0 Å². The fourth-order valence-corrected chi connectivity index (χ4v) is 3.89. The topological polar surface area (TPSA) is 273 Å². The predicted molar refractivity (Wildman–Crippen MR) is 158 cm³/mol. The molecule has 1 unspecified atom stereocenters. The number of quaternary nitrogens is 1. The largest absolute Gasteiger partial charge is 0.756 e. The Hall–Kier alpha value is -4.09. The molecule has 1 rings (SSSR count). The van der Waals surface area contributed by atoms with Gasteiger partial charge in [-0.2, -0.15) is 0 Å². The fraction of sp³-hybridized carbons (Fsp3) is 0.560. The molecule has 0 fully saturated rings. The molecule has 3 atom stereocenters. The normalized spacial score (nSPS) is 13.7. The zero-order chi connectivity index (χ0) is 34.2. The van der Waals surface area contributed by atoms with Gasteiger partial charge >= 0.3 is 0 Å². The molecule has 20 heteroatoms. The van der Waals surface area contributed by atoms with E-state index >= 15 is 0 Å². The highest BCUT2D eigenvalue weighted by atomic mass is 31.2. The van der Waals surface area contributed by atoms with Crippen molar-refractivity contribution >= 4 is 43.0 Å². The third kappa shape index (κ3) is 16.0. The van der Waals surface area contributed by atoms with Gasteiger partial charge in [-0.05, 0) is 37.1 Å². The smallest absolute Gasteiger partial charge is 0.268 e. The van der Waals surface area contributed by atoms with Crippen molar-refractivity contribution in [3.05, 3.63) is 39.8 Å². The highest BCUT2D eigenvalue weighted by Gasteiger charge is 2.22.